The first-order chi connectivity index (χ1) is 15.9. The van der Waals surface area contributed by atoms with Gasteiger partial charge in [0, 0.05) is 31.2 Å². The van der Waals surface area contributed by atoms with E-state index in [1.807, 2.05) is 0 Å². The van der Waals surface area contributed by atoms with Gasteiger partial charge < -0.3 is 39.0 Å². The maximum atomic E-state index is 12.8. The lowest BCUT2D eigenvalue weighted by atomic mass is 10.1. The molecular weight excluding hydrogens is 460 g/mol. The number of hydrogen-bond donors (Lipinski definition) is 3. The van der Waals surface area contributed by atoms with Gasteiger partial charge in [-0.3, -0.25) is 0 Å². The van der Waals surface area contributed by atoms with Crippen molar-refractivity contribution in [2.24, 2.45) is 0 Å². The number of carbonyl (C=O) groups excluding carboxylic acids is 5. The molecule has 0 unspecified atom stereocenters. The van der Waals surface area contributed by atoms with Gasteiger partial charge in [0.2, 0.25) is 0 Å². The second kappa shape index (κ2) is 13.5. The second-order valence-corrected chi connectivity index (χ2v) is 5.95. The van der Waals surface area contributed by atoms with Gasteiger partial charge in [-0.1, -0.05) is 26.3 Å². The van der Waals surface area contributed by atoms with Crippen LogP contribution >= 0.6 is 0 Å². The summed E-state index contributed by atoms with van der Waals surface area (Å²) in [6.07, 6.45) is 2.19. The summed E-state index contributed by atoms with van der Waals surface area (Å²) in [6.45, 7) is 10.3. The Kier molecular flexibility index (Phi) is 11.9. The summed E-state index contributed by atoms with van der Waals surface area (Å²) < 4.78 is 24.6. The Labute approximate surface area is 193 Å². The highest BCUT2D eigenvalue weighted by Gasteiger charge is 2.66. The van der Waals surface area contributed by atoms with E-state index in [0.29, 0.717) is 31.2 Å². The molecule has 13 heteroatoms. The van der Waals surface area contributed by atoms with Gasteiger partial charge in [0.25, 0.3) is 0 Å². The van der Waals surface area contributed by atoms with Gasteiger partial charge in [0.15, 0.2) is 0 Å². The van der Waals surface area contributed by atoms with Gasteiger partial charge >= 0.3 is 41.6 Å². The Bertz CT molecular complexity index is 846. The molecule has 0 atom stereocenters. The third-order valence-electron chi connectivity index (χ3n) is 3.72. The summed E-state index contributed by atoms with van der Waals surface area (Å²) in [5.74, 6) is -13.8. The fraction of sp³-hybridized carbons (Fsp3) is 0.286. The number of rotatable bonds is 14. The van der Waals surface area contributed by atoms with Crippen LogP contribution in [-0.2, 0) is 47.7 Å². The van der Waals surface area contributed by atoms with E-state index in [1.54, 1.807) is 0 Å². The molecule has 0 saturated heterocycles. The van der Waals surface area contributed by atoms with Crippen LogP contribution in [0.15, 0.2) is 61.8 Å². The highest BCUT2D eigenvalue weighted by molar-refractivity contribution is 5.91. The van der Waals surface area contributed by atoms with Gasteiger partial charge in [-0.25, -0.2) is 24.0 Å². The molecule has 0 radical (unpaired) electrons. The molecule has 0 bridgehead atoms. The molecule has 13 nitrogen and oxygen atoms in total. The first kappa shape index (κ1) is 29.9. The van der Waals surface area contributed by atoms with E-state index < -0.39 is 72.6 Å². The van der Waals surface area contributed by atoms with E-state index in [2.05, 4.69) is 26.3 Å². The minimum Gasteiger partial charge on any atom is -0.408 e. The van der Waals surface area contributed by atoms with Crippen molar-refractivity contribution in [1.29, 1.82) is 0 Å². The Morgan fingerprint density at radius 3 is 1.29 bits per heavy atom. The average molecular weight is 484 g/mol. The van der Waals surface area contributed by atoms with Crippen LogP contribution in [-0.4, -0.2) is 76.7 Å². The predicted octanol–water partition coefficient (Wildman–Crippen LogP) is -0.910. The monoisotopic (exact) mass is 484 g/mol. The largest absolute Gasteiger partial charge is 0.507 e. The summed E-state index contributed by atoms with van der Waals surface area (Å²) >= 11 is 0. The maximum Gasteiger partial charge on any atom is 0.507 e. The fourth-order valence-corrected chi connectivity index (χ4v) is 2.05. The normalized spacial score (nSPS) is 10.6. The molecule has 0 aliphatic rings. The minimum absolute atomic E-state index is 0.445. The molecule has 0 spiro atoms. The zero-order valence-corrected chi connectivity index (χ0v) is 18.2. The molecule has 0 aromatic heterocycles. The average Bonchev–Trinajstić information content (AvgIpc) is 2.81. The zero-order chi connectivity index (χ0) is 26.5. The van der Waals surface area contributed by atoms with Crippen LogP contribution in [0.25, 0.3) is 0 Å². The maximum absolute atomic E-state index is 12.8. The fourth-order valence-electron chi connectivity index (χ4n) is 2.05. The van der Waals surface area contributed by atoms with Crippen LogP contribution < -0.4 is 0 Å². The van der Waals surface area contributed by atoms with Gasteiger partial charge in [0.05, 0.1) is 25.4 Å². The van der Waals surface area contributed by atoms with Crippen molar-refractivity contribution in [2.45, 2.75) is 18.7 Å². The molecule has 34 heavy (non-hydrogen) atoms. The summed E-state index contributed by atoms with van der Waals surface area (Å²) in [4.78, 5) is 61.0. The molecule has 0 aliphatic carbocycles. The molecule has 0 fully saturated rings. The Hall–Kier alpha value is -4.07. The third-order valence-corrected chi connectivity index (χ3v) is 3.72. The van der Waals surface area contributed by atoms with Crippen LogP contribution in [0.3, 0.4) is 0 Å². The highest BCUT2D eigenvalue weighted by atomic mass is 16.9. The van der Waals surface area contributed by atoms with Gasteiger partial charge in [-0.05, 0) is 5.57 Å². The lowest BCUT2D eigenvalue weighted by molar-refractivity contribution is -0.432. The Balaban J connectivity index is 7.22. The van der Waals surface area contributed by atoms with Crippen molar-refractivity contribution in [2.75, 3.05) is 19.8 Å². The quantitative estimate of drug-likeness (QED) is 0.156. The second-order valence-electron chi connectivity index (χ2n) is 5.95. The Morgan fingerprint density at radius 1 is 0.647 bits per heavy atom. The summed E-state index contributed by atoms with van der Waals surface area (Å²) in [7, 11) is 0. The molecule has 0 rings (SSSR count). The van der Waals surface area contributed by atoms with E-state index in [9.17, 15) is 39.3 Å². The van der Waals surface area contributed by atoms with Gasteiger partial charge in [0.1, 0.15) is 0 Å². The first-order valence-electron chi connectivity index (χ1n) is 9.11. The van der Waals surface area contributed by atoms with E-state index in [0.717, 1.165) is 0 Å². The van der Waals surface area contributed by atoms with Gasteiger partial charge in [-0.2, -0.15) is 0 Å². The minimum atomic E-state index is -3.53. The van der Waals surface area contributed by atoms with Crippen LogP contribution in [0.2, 0.25) is 0 Å². The lowest BCUT2D eigenvalue weighted by Gasteiger charge is -2.41. The molecule has 0 aromatic rings. The van der Waals surface area contributed by atoms with Crippen molar-refractivity contribution in [3.8, 4) is 0 Å². The third kappa shape index (κ3) is 7.51. The number of carbonyl (C=O) groups is 5. The molecule has 0 saturated carbocycles. The molecule has 186 valence electrons. The first-order valence-corrected chi connectivity index (χ1v) is 9.11. The van der Waals surface area contributed by atoms with E-state index in [4.69, 9.17) is 23.7 Å². The number of aliphatic hydroxyl groups is 3. The van der Waals surface area contributed by atoms with E-state index in [1.165, 1.54) is 0 Å². The molecular formula is C21H24O13. The lowest BCUT2D eigenvalue weighted by Crippen LogP contribution is -2.64. The van der Waals surface area contributed by atoms with Crippen molar-refractivity contribution in [1.82, 2.24) is 0 Å². The zero-order valence-electron chi connectivity index (χ0n) is 18.2. The van der Waals surface area contributed by atoms with Crippen LogP contribution in [0.5, 0.6) is 0 Å². The van der Waals surface area contributed by atoms with Crippen molar-refractivity contribution in [3.63, 3.8) is 0 Å². The molecule has 0 aliphatic heterocycles. The van der Waals surface area contributed by atoms with Crippen LogP contribution in [0.4, 0.5) is 0 Å². The number of hydrogen-bond acceptors (Lipinski definition) is 13. The Morgan fingerprint density at radius 2 is 1.00 bits per heavy atom. The molecule has 3 N–H and O–H groups in total. The van der Waals surface area contributed by atoms with Crippen molar-refractivity contribution in [3.05, 3.63) is 61.8 Å². The molecule has 0 aromatic carbocycles. The number of ether oxygens (including phenoxy) is 5. The van der Waals surface area contributed by atoms with E-state index >= 15 is 0 Å². The predicted molar refractivity (Wildman–Crippen MR) is 111 cm³/mol. The van der Waals surface area contributed by atoms with Crippen molar-refractivity contribution < 1.29 is 63.0 Å². The standard InChI is InChI=1S/C21H24O13/c1-6-15(25)30-20(5,31-16(26)7-2)21(32-17(27)8-3,33-18(28)9-4)34-19(29)14(12-24)13(10-22)11-23/h6-9,22-24H,1-4,10-12H2,5H3. The van der Waals surface area contributed by atoms with Crippen LogP contribution in [0, 0.1) is 0 Å². The van der Waals surface area contributed by atoms with E-state index in [-0.39, 0.29) is 0 Å². The van der Waals surface area contributed by atoms with Crippen molar-refractivity contribution >= 4 is 29.8 Å². The summed E-state index contributed by atoms with van der Waals surface area (Å²) in [6, 6.07) is 0. The summed E-state index contributed by atoms with van der Waals surface area (Å²) in [5.41, 5.74) is -1.22. The SMILES string of the molecule is C=CC(=O)OC(C)(OC(=O)C=C)C(OC(=O)C=C)(OC(=O)C=C)OC(=O)C(CO)=C(CO)CO. The van der Waals surface area contributed by atoms with Crippen LogP contribution in [0.1, 0.15) is 6.92 Å². The highest BCUT2D eigenvalue weighted by Crippen LogP contribution is 2.36. The molecule has 0 heterocycles. The number of esters is 5. The number of aliphatic hydroxyl groups excluding tert-OH is 3. The molecule has 0 amide bonds. The summed E-state index contributed by atoms with van der Waals surface area (Å²) in [5, 5.41) is 28.1. The van der Waals surface area contributed by atoms with Gasteiger partial charge in [-0.15, -0.1) is 0 Å². The smallest absolute Gasteiger partial charge is 0.408 e. The topological polar surface area (TPSA) is 192 Å².